The standard InChI is InChI=1S/C19H15Br2ClN4O2S/c1-2-7-26-18(13-8-11(20)3-6-16(13)27)24-25-19(26)29-10-17(28)23-12-4-5-14(21)15(22)9-12/h2-6,8-9,27H,1,7,10H2,(H,23,28). The van der Waals surface area contributed by atoms with Crippen molar-refractivity contribution in [3.63, 3.8) is 0 Å². The van der Waals surface area contributed by atoms with Crippen LogP contribution in [-0.2, 0) is 11.3 Å². The Labute approximate surface area is 193 Å². The topological polar surface area (TPSA) is 80.0 Å². The molecule has 0 fully saturated rings. The van der Waals surface area contributed by atoms with Gasteiger partial charge in [-0.25, -0.2) is 0 Å². The smallest absolute Gasteiger partial charge is 0.234 e. The summed E-state index contributed by atoms with van der Waals surface area (Å²) < 4.78 is 3.36. The first-order chi connectivity index (χ1) is 13.9. The fourth-order valence-electron chi connectivity index (χ4n) is 2.48. The molecule has 3 aromatic rings. The van der Waals surface area contributed by atoms with Crippen molar-refractivity contribution in [2.24, 2.45) is 0 Å². The van der Waals surface area contributed by atoms with E-state index in [1.54, 1.807) is 47.0 Å². The first-order valence-electron chi connectivity index (χ1n) is 8.29. The van der Waals surface area contributed by atoms with E-state index in [-0.39, 0.29) is 17.4 Å². The third kappa shape index (κ3) is 5.42. The lowest BCUT2D eigenvalue weighted by molar-refractivity contribution is -0.113. The van der Waals surface area contributed by atoms with Crippen LogP contribution in [0.4, 0.5) is 5.69 Å². The predicted octanol–water partition coefficient (Wildman–Crippen LogP) is 5.75. The fourth-order valence-corrected chi connectivity index (χ4v) is 4.01. The van der Waals surface area contributed by atoms with Crippen LogP contribution in [0.15, 0.2) is 63.2 Å². The van der Waals surface area contributed by atoms with E-state index in [9.17, 15) is 9.90 Å². The van der Waals surface area contributed by atoms with Crippen LogP contribution in [0.2, 0.25) is 5.02 Å². The van der Waals surface area contributed by atoms with Gasteiger partial charge in [-0.1, -0.05) is 45.4 Å². The molecule has 6 nitrogen and oxygen atoms in total. The van der Waals surface area contributed by atoms with Gasteiger partial charge in [0, 0.05) is 21.2 Å². The number of phenolic OH excluding ortho intramolecular Hbond substituents is 1. The van der Waals surface area contributed by atoms with Gasteiger partial charge in [0.1, 0.15) is 5.75 Å². The van der Waals surface area contributed by atoms with Crippen LogP contribution < -0.4 is 5.32 Å². The van der Waals surface area contributed by atoms with E-state index in [1.807, 2.05) is 0 Å². The summed E-state index contributed by atoms with van der Waals surface area (Å²) in [5.41, 5.74) is 1.14. The number of hydrogen-bond donors (Lipinski definition) is 2. The summed E-state index contributed by atoms with van der Waals surface area (Å²) in [6.07, 6.45) is 1.70. The minimum Gasteiger partial charge on any atom is -0.507 e. The summed E-state index contributed by atoms with van der Waals surface area (Å²) in [5.74, 6) is 0.514. The molecular formula is C19H15Br2ClN4O2S. The predicted molar refractivity (Wildman–Crippen MR) is 124 cm³/mol. The van der Waals surface area contributed by atoms with Gasteiger partial charge in [0.25, 0.3) is 0 Å². The molecule has 0 spiro atoms. The second-order valence-electron chi connectivity index (χ2n) is 5.83. The molecule has 1 heterocycles. The number of thioether (sulfide) groups is 1. The van der Waals surface area contributed by atoms with Gasteiger partial charge in [0.05, 0.1) is 16.3 Å². The molecule has 150 valence electrons. The number of rotatable bonds is 7. The molecule has 0 aliphatic carbocycles. The Bertz CT molecular complexity index is 1070. The number of carbonyl (C=O) groups is 1. The van der Waals surface area contributed by atoms with Crippen molar-refractivity contribution in [1.82, 2.24) is 14.8 Å². The van der Waals surface area contributed by atoms with Crippen molar-refractivity contribution in [2.75, 3.05) is 11.1 Å². The minimum absolute atomic E-state index is 0.0901. The zero-order valence-corrected chi connectivity index (χ0v) is 19.6. The number of allylic oxidation sites excluding steroid dienone is 1. The normalized spacial score (nSPS) is 10.7. The third-order valence-electron chi connectivity index (χ3n) is 3.76. The molecule has 2 N–H and O–H groups in total. The highest BCUT2D eigenvalue weighted by atomic mass is 79.9. The van der Waals surface area contributed by atoms with Crippen LogP contribution in [0.3, 0.4) is 0 Å². The molecule has 0 aliphatic rings. The molecular weight excluding hydrogens is 544 g/mol. The molecule has 29 heavy (non-hydrogen) atoms. The van der Waals surface area contributed by atoms with E-state index < -0.39 is 0 Å². The zero-order valence-electron chi connectivity index (χ0n) is 14.9. The van der Waals surface area contributed by atoms with E-state index >= 15 is 0 Å². The van der Waals surface area contributed by atoms with Gasteiger partial charge in [0.15, 0.2) is 11.0 Å². The Kier molecular flexibility index (Phi) is 7.39. The molecule has 1 aromatic heterocycles. The van der Waals surface area contributed by atoms with Gasteiger partial charge < -0.3 is 10.4 Å². The number of benzene rings is 2. The molecule has 0 bridgehead atoms. The fraction of sp³-hybridized carbons (Fsp3) is 0.105. The maximum Gasteiger partial charge on any atom is 0.234 e. The number of amides is 1. The highest BCUT2D eigenvalue weighted by Crippen LogP contribution is 2.33. The lowest BCUT2D eigenvalue weighted by Crippen LogP contribution is -2.14. The molecule has 0 aliphatic heterocycles. The highest BCUT2D eigenvalue weighted by molar-refractivity contribution is 9.10. The number of nitrogens with zero attached hydrogens (tertiary/aromatic N) is 3. The van der Waals surface area contributed by atoms with Crippen LogP contribution in [-0.4, -0.2) is 31.5 Å². The largest absolute Gasteiger partial charge is 0.507 e. The molecule has 3 rings (SSSR count). The van der Waals surface area contributed by atoms with Crippen LogP contribution in [0.1, 0.15) is 0 Å². The number of phenols is 1. The second kappa shape index (κ2) is 9.80. The van der Waals surface area contributed by atoms with Gasteiger partial charge in [-0.15, -0.1) is 16.8 Å². The van der Waals surface area contributed by atoms with Gasteiger partial charge in [-0.2, -0.15) is 0 Å². The van der Waals surface area contributed by atoms with E-state index in [2.05, 4.69) is 54.0 Å². The molecule has 0 atom stereocenters. The van der Waals surface area contributed by atoms with Gasteiger partial charge in [0.2, 0.25) is 5.91 Å². The Hall–Kier alpha value is -1.81. The summed E-state index contributed by atoms with van der Waals surface area (Å²) in [6, 6.07) is 10.3. The first-order valence-corrected chi connectivity index (χ1v) is 11.2. The van der Waals surface area contributed by atoms with Crippen LogP contribution in [0.5, 0.6) is 5.75 Å². The number of aromatic hydroxyl groups is 1. The Balaban J connectivity index is 1.76. The number of anilines is 1. The highest BCUT2D eigenvalue weighted by Gasteiger charge is 2.18. The van der Waals surface area contributed by atoms with E-state index in [1.165, 1.54) is 11.8 Å². The zero-order chi connectivity index (χ0) is 21.0. The van der Waals surface area contributed by atoms with Crippen molar-refractivity contribution >= 4 is 66.8 Å². The Morgan fingerprint density at radius 2 is 2.07 bits per heavy atom. The summed E-state index contributed by atoms with van der Waals surface area (Å²) >= 11 is 14.0. The molecule has 1 amide bonds. The second-order valence-corrected chi connectivity index (χ2v) is 8.95. The van der Waals surface area contributed by atoms with Crippen molar-refractivity contribution < 1.29 is 9.90 Å². The molecule has 0 radical (unpaired) electrons. The van der Waals surface area contributed by atoms with Gasteiger partial charge in [-0.3, -0.25) is 9.36 Å². The quantitative estimate of drug-likeness (QED) is 0.285. The number of hydrogen-bond acceptors (Lipinski definition) is 5. The summed E-state index contributed by atoms with van der Waals surface area (Å²) in [5, 5.41) is 22.4. The van der Waals surface area contributed by atoms with Crippen molar-refractivity contribution in [1.29, 1.82) is 0 Å². The molecule has 0 saturated carbocycles. The monoisotopic (exact) mass is 556 g/mol. The van der Waals surface area contributed by atoms with Crippen molar-refractivity contribution in [3.05, 3.63) is 63.0 Å². The summed E-state index contributed by atoms with van der Waals surface area (Å²) in [7, 11) is 0. The van der Waals surface area contributed by atoms with E-state index in [0.29, 0.717) is 33.8 Å². The van der Waals surface area contributed by atoms with Gasteiger partial charge >= 0.3 is 0 Å². The first kappa shape index (κ1) is 21.9. The number of carbonyl (C=O) groups excluding carboxylic acids is 1. The lowest BCUT2D eigenvalue weighted by atomic mass is 10.2. The molecule has 0 unspecified atom stereocenters. The summed E-state index contributed by atoms with van der Waals surface area (Å²) in [6.45, 7) is 4.20. The lowest BCUT2D eigenvalue weighted by Gasteiger charge is -2.10. The van der Waals surface area contributed by atoms with Crippen molar-refractivity contribution in [3.8, 4) is 17.1 Å². The Morgan fingerprint density at radius 3 is 2.79 bits per heavy atom. The average Bonchev–Trinajstić information content (AvgIpc) is 3.08. The number of nitrogens with one attached hydrogen (secondary N) is 1. The van der Waals surface area contributed by atoms with Crippen LogP contribution >= 0.6 is 55.2 Å². The average molecular weight is 559 g/mol. The summed E-state index contributed by atoms with van der Waals surface area (Å²) in [4.78, 5) is 12.3. The molecule has 10 heteroatoms. The van der Waals surface area contributed by atoms with E-state index in [4.69, 9.17) is 11.6 Å². The maximum atomic E-state index is 12.3. The SMILES string of the molecule is C=CCn1c(SCC(=O)Nc2ccc(Br)c(Cl)c2)nnc1-c1cc(Br)ccc1O. The van der Waals surface area contributed by atoms with E-state index in [0.717, 1.165) is 8.95 Å². The van der Waals surface area contributed by atoms with Crippen LogP contribution in [0.25, 0.3) is 11.4 Å². The Morgan fingerprint density at radius 1 is 1.28 bits per heavy atom. The number of halogens is 3. The van der Waals surface area contributed by atoms with Crippen LogP contribution in [0, 0.1) is 0 Å². The minimum atomic E-state index is -0.201. The molecule has 0 saturated heterocycles. The van der Waals surface area contributed by atoms with Crippen molar-refractivity contribution in [2.45, 2.75) is 11.7 Å². The maximum absolute atomic E-state index is 12.3. The molecule has 2 aromatic carbocycles. The number of aromatic nitrogens is 3. The third-order valence-corrected chi connectivity index (χ3v) is 6.46. The van der Waals surface area contributed by atoms with Gasteiger partial charge in [-0.05, 0) is 52.3 Å².